The topological polar surface area (TPSA) is 104 Å². The molecular formula is C11H10BrNO6S. The Morgan fingerprint density at radius 1 is 1.50 bits per heavy atom. The van der Waals surface area contributed by atoms with Gasteiger partial charge < -0.3 is 4.74 Å². The number of carbonyl (C=O) groups is 1. The third-order valence-corrected chi connectivity index (χ3v) is 3.52. The van der Waals surface area contributed by atoms with Gasteiger partial charge in [0.05, 0.1) is 10.5 Å². The third kappa shape index (κ3) is 4.14. The molecule has 0 unspecified atom stereocenters. The van der Waals surface area contributed by atoms with Crippen molar-refractivity contribution in [2.24, 2.45) is 0 Å². The van der Waals surface area contributed by atoms with Crippen LogP contribution in [0.25, 0.3) is 0 Å². The Hall–Kier alpha value is -1.74. The van der Waals surface area contributed by atoms with Crippen molar-refractivity contribution in [3.05, 3.63) is 44.9 Å². The van der Waals surface area contributed by atoms with Crippen molar-refractivity contribution < 1.29 is 22.9 Å². The lowest BCUT2D eigenvalue weighted by atomic mass is 10.2. The summed E-state index contributed by atoms with van der Waals surface area (Å²) >= 11 is 2.99. The molecule has 1 aromatic rings. The maximum atomic E-state index is 11.6. The van der Waals surface area contributed by atoms with E-state index in [-0.39, 0.29) is 12.2 Å². The van der Waals surface area contributed by atoms with Crippen LogP contribution in [0.5, 0.6) is 0 Å². The standard InChI is InChI=1S/C11H10BrNO6S/c1-7(12)6-19-11(14)8-3-4-10(20(2,17)18)9(5-8)13(15)16/h3-5H,1,6H2,2H3. The molecule has 0 spiro atoms. The summed E-state index contributed by atoms with van der Waals surface area (Å²) in [7, 11) is -3.76. The Morgan fingerprint density at radius 3 is 2.55 bits per heavy atom. The zero-order valence-electron chi connectivity index (χ0n) is 10.3. The lowest BCUT2D eigenvalue weighted by Gasteiger charge is -2.05. The molecule has 1 rings (SSSR count). The first-order valence-electron chi connectivity index (χ1n) is 5.12. The van der Waals surface area contributed by atoms with Gasteiger partial charge in [0.2, 0.25) is 0 Å². The Kier molecular flexibility index (Phi) is 5.01. The molecule has 0 aliphatic rings. The van der Waals surface area contributed by atoms with Crippen molar-refractivity contribution in [1.29, 1.82) is 0 Å². The van der Waals surface area contributed by atoms with Gasteiger partial charge in [-0.2, -0.15) is 0 Å². The maximum Gasteiger partial charge on any atom is 0.338 e. The molecule has 0 fully saturated rings. The van der Waals surface area contributed by atoms with Crippen molar-refractivity contribution >= 4 is 37.4 Å². The Bertz CT molecular complexity index is 682. The molecule has 9 heteroatoms. The van der Waals surface area contributed by atoms with Crippen LogP contribution >= 0.6 is 15.9 Å². The average Bonchev–Trinajstić information content (AvgIpc) is 2.33. The number of esters is 1. The number of hydrogen-bond acceptors (Lipinski definition) is 6. The number of ether oxygens (including phenoxy) is 1. The van der Waals surface area contributed by atoms with Gasteiger partial charge in [-0.1, -0.05) is 22.5 Å². The number of nitro groups is 1. The van der Waals surface area contributed by atoms with Gasteiger partial charge in [-0.15, -0.1) is 0 Å². The molecule has 0 aliphatic heterocycles. The Labute approximate surface area is 123 Å². The quantitative estimate of drug-likeness (QED) is 0.450. The van der Waals surface area contributed by atoms with E-state index in [9.17, 15) is 23.3 Å². The lowest BCUT2D eigenvalue weighted by Crippen LogP contribution is -2.09. The van der Waals surface area contributed by atoms with Crippen LogP contribution in [-0.4, -0.2) is 32.2 Å². The minimum Gasteiger partial charge on any atom is -0.457 e. The van der Waals surface area contributed by atoms with E-state index < -0.39 is 31.3 Å². The van der Waals surface area contributed by atoms with Gasteiger partial charge in [0.25, 0.3) is 5.69 Å². The van der Waals surface area contributed by atoms with Crippen molar-refractivity contribution in [2.75, 3.05) is 12.9 Å². The summed E-state index contributed by atoms with van der Waals surface area (Å²) in [6.45, 7) is 3.37. The first-order chi connectivity index (χ1) is 9.12. The molecule has 0 atom stereocenters. The number of carbonyl (C=O) groups excluding carboxylic acids is 1. The Morgan fingerprint density at radius 2 is 2.10 bits per heavy atom. The fourth-order valence-corrected chi connectivity index (χ4v) is 2.27. The van der Waals surface area contributed by atoms with E-state index in [1.165, 1.54) is 0 Å². The third-order valence-electron chi connectivity index (χ3n) is 2.15. The largest absolute Gasteiger partial charge is 0.457 e. The second kappa shape index (κ2) is 6.14. The van der Waals surface area contributed by atoms with Crippen LogP contribution in [0.15, 0.2) is 34.2 Å². The molecule has 0 aliphatic carbocycles. The zero-order valence-corrected chi connectivity index (χ0v) is 12.7. The molecule has 0 N–H and O–H groups in total. The first kappa shape index (κ1) is 16.3. The summed E-state index contributed by atoms with van der Waals surface area (Å²) in [5.74, 6) is -0.811. The molecule has 20 heavy (non-hydrogen) atoms. The number of nitrogens with zero attached hydrogens (tertiary/aromatic N) is 1. The van der Waals surface area contributed by atoms with Crippen LogP contribution in [0.4, 0.5) is 5.69 Å². The molecule has 0 saturated heterocycles. The monoisotopic (exact) mass is 363 g/mol. The molecule has 0 bridgehead atoms. The number of halogens is 1. The number of sulfone groups is 1. The van der Waals surface area contributed by atoms with Crippen LogP contribution in [0.2, 0.25) is 0 Å². The smallest absolute Gasteiger partial charge is 0.338 e. The molecule has 0 aromatic heterocycles. The van der Waals surface area contributed by atoms with E-state index in [1.54, 1.807) is 0 Å². The summed E-state index contributed by atoms with van der Waals surface area (Å²) < 4.78 is 28.0. The van der Waals surface area contributed by atoms with Crippen molar-refractivity contribution in [2.45, 2.75) is 4.90 Å². The predicted octanol–water partition coefficient (Wildman–Crippen LogP) is 2.06. The lowest BCUT2D eigenvalue weighted by molar-refractivity contribution is -0.387. The van der Waals surface area contributed by atoms with Crippen molar-refractivity contribution in [3.8, 4) is 0 Å². The van der Waals surface area contributed by atoms with Gasteiger partial charge in [0.1, 0.15) is 11.5 Å². The SMILES string of the molecule is C=C(Br)COC(=O)c1ccc(S(C)(=O)=O)c([N+](=O)[O-])c1. The van der Waals surface area contributed by atoms with Crippen molar-refractivity contribution in [1.82, 2.24) is 0 Å². The van der Waals surface area contributed by atoms with E-state index in [4.69, 9.17) is 4.74 Å². The van der Waals surface area contributed by atoms with Gasteiger partial charge in [-0.3, -0.25) is 10.1 Å². The summed E-state index contributed by atoms with van der Waals surface area (Å²) in [4.78, 5) is 21.2. The van der Waals surface area contributed by atoms with Gasteiger partial charge in [0.15, 0.2) is 9.84 Å². The fourth-order valence-electron chi connectivity index (χ4n) is 1.33. The molecule has 0 amide bonds. The highest BCUT2D eigenvalue weighted by Gasteiger charge is 2.24. The van der Waals surface area contributed by atoms with E-state index in [1.807, 2.05) is 0 Å². The van der Waals surface area contributed by atoms with Gasteiger partial charge in [0, 0.05) is 16.8 Å². The number of hydrogen-bond donors (Lipinski definition) is 0. The van der Waals surface area contributed by atoms with E-state index >= 15 is 0 Å². The molecular weight excluding hydrogens is 354 g/mol. The Balaban J connectivity index is 3.21. The maximum absolute atomic E-state index is 11.6. The average molecular weight is 364 g/mol. The summed E-state index contributed by atoms with van der Waals surface area (Å²) in [5.41, 5.74) is -0.780. The minimum atomic E-state index is -3.76. The highest BCUT2D eigenvalue weighted by atomic mass is 79.9. The summed E-state index contributed by atoms with van der Waals surface area (Å²) in [6, 6.07) is 3.03. The number of benzene rings is 1. The molecule has 1 aromatic carbocycles. The van der Waals surface area contributed by atoms with Gasteiger partial charge >= 0.3 is 5.97 Å². The number of nitro benzene ring substituents is 1. The predicted molar refractivity (Wildman–Crippen MR) is 74.6 cm³/mol. The summed E-state index contributed by atoms with van der Waals surface area (Å²) in [5, 5.41) is 10.9. The molecule has 0 heterocycles. The van der Waals surface area contributed by atoms with Gasteiger partial charge in [-0.25, -0.2) is 13.2 Å². The van der Waals surface area contributed by atoms with Crippen molar-refractivity contribution in [3.63, 3.8) is 0 Å². The normalized spacial score (nSPS) is 10.9. The minimum absolute atomic E-state index is 0.0968. The molecule has 0 saturated carbocycles. The first-order valence-corrected chi connectivity index (χ1v) is 7.80. The second-order valence-corrected chi connectivity index (χ2v) is 6.91. The number of rotatable bonds is 5. The van der Waals surface area contributed by atoms with Crippen LogP contribution in [-0.2, 0) is 14.6 Å². The highest BCUT2D eigenvalue weighted by molar-refractivity contribution is 9.11. The van der Waals surface area contributed by atoms with Crippen LogP contribution in [0.3, 0.4) is 0 Å². The van der Waals surface area contributed by atoms with Crippen LogP contribution < -0.4 is 0 Å². The second-order valence-electron chi connectivity index (χ2n) is 3.81. The zero-order chi connectivity index (χ0) is 15.5. The fraction of sp³-hybridized carbons (Fsp3) is 0.182. The molecule has 7 nitrogen and oxygen atoms in total. The summed E-state index contributed by atoms with van der Waals surface area (Å²) in [6.07, 6.45) is 0.849. The van der Waals surface area contributed by atoms with Crippen LogP contribution in [0, 0.1) is 10.1 Å². The van der Waals surface area contributed by atoms with E-state index in [0.29, 0.717) is 4.48 Å². The van der Waals surface area contributed by atoms with Gasteiger partial charge in [-0.05, 0) is 12.1 Å². The van der Waals surface area contributed by atoms with E-state index in [2.05, 4.69) is 22.5 Å². The van der Waals surface area contributed by atoms with E-state index in [0.717, 1.165) is 24.5 Å². The highest BCUT2D eigenvalue weighted by Crippen LogP contribution is 2.25. The molecule has 108 valence electrons. The molecule has 0 radical (unpaired) electrons. The van der Waals surface area contributed by atoms with Crippen LogP contribution in [0.1, 0.15) is 10.4 Å².